The van der Waals surface area contributed by atoms with Crippen molar-refractivity contribution in [2.24, 2.45) is 5.41 Å². The highest BCUT2D eigenvalue weighted by Gasteiger charge is 2.12. The molecule has 0 radical (unpaired) electrons. The lowest BCUT2D eigenvalue weighted by Crippen LogP contribution is -2.35. The molecule has 0 aliphatic heterocycles. The maximum absolute atomic E-state index is 11.6. The van der Waals surface area contributed by atoms with Gasteiger partial charge >= 0.3 is 6.03 Å². The van der Waals surface area contributed by atoms with Crippen LogP contribution in [0.3, 0.4) is 0 Å². The van der Waals surface area contributed by atoms with Gasteiger partial charge in [-0.1, -0.05) is 32.4 Å². The summed E-state index contributed by atoms with van der Waals surface area (Å²) in [4.78, 5) is 11.6. The van der Waals surface area contributed by atoms with E-state index < -0.39 is 0 Å². The van der Waals surface area contributed by atoms with Crippen LogP contribution in [0.15, 0.2) is 18.2 Å². The van der Waals surface area contributed by atoms with Gasteiger partial charge in [-0.15, -0.1) is 0 Å². The minimum Gasteiger partial charge on any atom is -0.495 e. The molecule has 100 valence electrons. The quantitative estimate of drug-likeness (QED) is 0.883. The van der Waals surface area contributed by atoms with Crippen molar-refractivity contribution in [1.82, 2.24) is 5.32 Å². The standard InChI is InChI=1S/C13H19ClN2O2/c1-13(2,3)8-15-12(17)16-9-5-6-11(18-4)10(14)7-9/h5-7H,8H2,1-4H3,(H2,15,16,17). The number of urea groups is 1. The minimum atomic E-state index is -0.244. The summed E-state index contributed by atoms with van der Waals surface area (Å²) in [5, 5.41) is 5.98. The van der Waals surface area contributed by atoms with Crippen molar-refractivity contribution < 1.29 is 9.53 Å². The number of nitrogens with one attached hydrogen (secondary N) is 2. The van der Waals surface area contributed by atoms with Crippen molar-refractivity contribution in [2.75, 3.05) is 19.0 Å². The lowest BCUT2D eigenvalue weighted by molar-refractivity contribution is 0.247. The SMILES string of the molecule is COc1ccc(NC(=O)NCC(C)(C)C)cc1Cl. The van der Waals surface area contributed by atoms with Crippen LogP contribution in [0.1, 0.15) is 20.8 Å². The Kier molecular flexibility index (Phi) is 4.84. The third-order valence-electron chi connectivity index (χ3n) is 2.19. The van der Waals surface area contributed by atoms with Gasteiger partial charge in [-0.2, -0.15) is 0 Å². The molecule has 2 N–H and O–H groups in total. The molecule has 0 saturated carbocycles. The van der Waals surface area contributed by atoms with Gasteiger partial charge in [0.15, 0.2) is 0 Å². The number of amides is 2. The molecule has 0 atom stereocenters. The highest BCUT2D eigenvalue weighted by Crippen LogP contribution is 2.27. The molecule has 0 spiro atoms. The van der Waals surface area contributed by atoms with E-state index in [1.807, 2.05) is 0 Å². The van der Waals surface area contributed by atoms with Gasteiger partial charge in [0.2, 0.25) is 0 Å². The van der Waals surface area contributed by atoms with E-state index >= 15 is 0 Å². The second-order valence-corrected chi connectivity index (χ2v) is 5.62. The number of carbonyl (C=O) groups is 1. The molecule has 1 aromatic rings. The first-order valence-electron chi connectivity index (χ1n) is 5.70. The van der Waals surface area contributed by atoms with E-state index in [9.17, 15) is 4.79 Å². The Morgan fingerprint density at radius 3 is 2.56 bits per heavy atom. The third-order valence-corrected chi connectivity index (χ3v) is 2.48. The molecule has 0 fully saturated rings. The molecule has 1 aromatic carbocycles. The predicted molar refractivity (Wildman–Crippen MR) is 74.5 cm³/mol. The zero-order valence-corrected chi connectivity index (χ0v) is 11.9. The van der Waals surface area contributed by atoms with Gasteiger partial charge < -0.3 is 15.4 Å². The molecule has 1 rings (SSSR count). The Balaban J connectivity index is 2.57. The highest BCUT2D eigenvalue weighted by atomic mass is 35.5. The molecule has 0 unspecified atom stereocenters. The van der Waals surface area contributed by atoms with Crippen LogP contribution in [0.5, 0.6) is 5.75 Å². The lowest BCUT2D eigenvalue weighted by Gasteiger charge is -2.19. The Morgan fingerprint density at radius 2 is 2.06 bits per heavy atom. The van der Waals surface area contributed by atoms with Crippen LogP contribution in [0.4, 0.5) is 10.5 Å². The first-order valence-corrected chi connectivity index (χ1v) is 6.08. The first-order chi connectivity index (χ1) is 8.31. The van der Waals surface area contributed by atoms with Crippen LogP contribution in [0.2, 0.25) is 5.02 Å². The maximum Gasteiger partial charge on any atom is 0.319 e. The molecular formula is C13H19ClN2O2. The summed E-state index contributed by atoms with van der Waals surface area (Å²) in [6.45, 7) is 6.76. The van der Waals surface area contributed by atoms with Gasteiger partial charge in [-0.3, -0.25) is 0 Å². The molecular weight excluding hydrogens is 252 g/mol. The van der Waals surface area contributed by atoms with Crippen LogP contribution >= 0.6 is 11.6 Å². The number of hydrogen-bond acceptors (Lipinski definition) is 2. The summed E-state index contributed by atoms with van der Waals surface area (Å²) in [5.74, 6) is 0.581. The molecule has 5 heteroatoms. The number of anilines is 1. The topological polar surface area (TPSA) is 50.4 Å². The van der Waals surface area contributed by atoms with Gasteiger partial charge in [0.05, 0.1) is 12.1 Å². The zero-order chi connectivity index (χ0) is 13.8. The average Bonchev–Trinajstić information content (AvgIpc) is 2.26. The first kappa shape index (κ1) is 14.6. The summed E-state index contributed by atoms with van der Waals surface area (Å²) in [5.41, 5.74) is 0.682. The van der Waals surface area contributed by atoms with Crippen molar-refractivity contribution in [3.8, 4) is 5.75 Å². The number of rotatable bonds is 3. The highest BCUT2D eigenvalue weighted by molar-refractivity contribution is 6.32. The Labute approximate surface area is 113 Å². The van der Waals surface area contributed by atoms with Crippen LogP contribution in [-0.4, -0.2) is 19.7 Å². The van der Waals surface area contributed by atoms with Crippen molar-refractivity contribution in [3.63, 3.8) is 0 Å². The van der Waals surface area contributed by atoms with E-state index in [0.717, 1.165) is 0 Å². The smallest absolute Gasteiger partial charge is 0.319 e. The van der Waals surface area contributed by atoms with Crippen molar-refractivity contribution in [1.29, 1.82) is 0 Å². The second kappa shape index (κ2) is 5.96. The normalized spacial score (nSPS) is 10.9. The lowest BCUT2D eigenvalue weighted by atomic mass is 9.97. The van der Waals surface area contributed by atoms with E-state index in [4.69, 9.17) is 16.3 Å². The van der Waals surface area contributed by atoms with Crippen LogP contribution < -0.4 is 15.4 Å². The number of halogens is 1. The van der Waals surface area contributed by atoms with Gasteiger partial charge in [-0.05, 0) is 23.6 Å². The summed E-state index contributed by atoms with van der Waals surface area (Å²) < 4.78 is 5.04. The predicted octanol–water partition coefficient (Wildman–Crippen LogP) is 3.52. The van der Waals surface area contributed by atoms with Gasteiger partial charge in [0, 0.05) is 12.2 Å². The molecule has 0 saturated heterocycles. The molecule has 18 heavy (non-hydrogen) atoms. The Hall–Kier alpha value is -1.42. The number of hydrogen-bond donors (Lipinski definition) is 2. The van der Waals surface area contributed by atoms with Crippen LogP contribution in [0.25, 0.3) is 0 Å². The zero-order valence-electron chi connectivity index (χ0n) is 11.1. The third kappa shape index (κ3) is 4.84. The van der Waals surface area contributed by atoms with E-state index in [0.29, 0.717) is 23.0 Å². The summed E-state index contributed by atoms with van der Waals surface area (Å²) in [7, 11) is 1.55. The van der Waals surface area contributed by atoms with E-state index in [1.54, 1.807) is 25.3 Å². The van der Waals surface area contributed by atoms with Crippen molar-refractivity contribution >= 4 is 23.3 Å². The number of ether oxygens (including phenoxy) is 1. The van der Waals surface area contributed by atoms with E-state index in [1.165, 1.54) is 0 Å². The monoisotopic (exact) mass is 270 g/mol. The number of benzene rings is 1. The molecule has 0 aliphatic carbocycles. The Morgan fingerprint density at radius 1 is 1.39 bits per heavy atom. The molecule has 0 aromatic heterocycles. The Bertz CT molecular complexity index is 427. The minimum absolute atomic E-state index is 0.0505. The largest absolute Gasteiger partial charge is 0.495 e. The molecule has 0 bridgehead atoms. The molecule has 0 aliphatic rings. The van der Waals surface area contributed by atoms with Gasteiger partial charge in [-0.25, -0.2) is 4.79 Å². The fourth-order valence-corrected chi connectivity index (χ4v) is 1.52. The van der Waals surface area contributed by atoms with Crippen molar-refractivity contribution in [3.05, 3.63) is 23.2 Å². The van der Waals surface area contributed by atoms with E-state index in [2.05, 4.69) is 31.4 Å². The van der Waals surface area contributed by atoms with E-state index in [-0.39, 0.29) is 11.4 Å². The van der Waals surface area contributed by atoms with Crippen LogP contribution in [0, 0.1) is 5.41 Å². The van der Waals surface area contributed by atoms with Gasteiger partial charge in [0.1, 0.15) is 5.75 Å². The van der Waals surface area contributed by atoms with Crippen molar-refractivity contribution in [2.45, 2.75) is 20.8 Å². The summed E-state index contributed by atoms with van der Waals surface area (Å²) in [6.07, 6.45) is 0. The summed E-state index contributed by atoms with van der Waals surface area (Å²) >= 11 is 5.97. The molecule has 0 heterocycles. The fourth-order valence-electron chi connectivity index (χ4n) is 1.26. The maximum atomic E-state index is 11.6. The molecule has 2 amide bonds. The van der Waals surface area contributed by atoms with Gasteiger partial charge in [0.25, 0.3) is 0 Å². The number of carbonyl (C=O) groups excluding carboxylic acids is 1. The fraction of sp³-hybridized carbons (Fsp3) is 0.462. The van der Waals surface area contributed by atoms with Crippen LogP contribution in [-0.2, 0) is 0 Å². The number of methoxy groups -OCH3 is 1. The average molecular weight is 271 g/mol. The second-order valence-electron chi connectivity index (χ2n) is 5.22. The molecule has 4 nitrogen and oxygen atoms in total. The summed E-state index contributed by atoms with van der Waals surface area (Å²) in [6, 6.07) is 4.85.